The number of nitrogens with zero attached hydrogens (tertiary/aromatic N) is 3. The summed E-state index contributed by atoms with van der Waals surface area (Å²) in [6, 6.07) is -0.250. The molecule has 1 saturated heterocycles. The molecule has 2 heterocycles. The molecule has 18 heavy (non-hydrogen) atoms. The minimum Gasteiger partial charge on any atom is -0.385 e. The summed E-state index contributed by atoms with van der Waals surface area (Å²) < 4.78 is 27.7. The summed E-state index contributed by atoms with van der Waals surface area (Å²) in [7, 11) is -3.00. The second-order valence-corrected chi connectivity index (χ2v) is 6.45. The zero-order valence-electron chi connectivity index (χ0n) is 9.77. The van der Waals surface area contributed by atoms with Crippen LogP contribution in [0.1, 0.15) is 13.3 Å². The van der Waals surface area contributed by atoms with Gasteiger partial charge in [-0.05, 0) is 6.92 Å². The first kappa shape index (κ1) is 12.8. The van der Waals surface area contributed by atoms with Gasteiger partial charge in [0.25, 0.3) is 0 Å². The molecule has 1 unspecified atom stereocenters. The number of hydrogen-bond acceptors (Lipinski definition) is 7. The van der Waals surface area contributed by atoms with Crippen molar-refractivity contribution in [1.29, 1.82) is 0 Å². The molecule has 0 N–H and O–H groups in total. The van der Waals surface area contributed by atoms with E-state index in [1.165, 1.54) is 6.08 Å². The first-order valence-corrected chi connectivity index (χ1v) is 7.26. The van der Waals surface area contributed by atoms with Crippen molar-refractivity contribution in [3.63, 3.8) is 0 Å². The SMILES string of the molecule is CC1CS(=O)(=O)CCN1N=C1CC=C([N+](=O)[O-])O1. The van der Waals surface area contributed by atoms with Crippen molar-refractivity contribution in [3.05, 3.63) is 22.1 Å². The van der Waals surface area contributed by atoms with Gasteiger partial charge in [0.15, 0.2) is 9.84 Å². The van der Waals surface area contributed by atoms with Crippen LogP contribution in [0.4, 0.5) is 0 Å². The minimum absolute atomic E-state index is 0.0410. The Bertz CT molecular complexity index is 524. The highest BCUT2D eigenvalue weighted by Gasteiger charge is 2.29. The summed E-state index contributed by atoms with van der Waals surface area (Å²) in [4.78, 5) is 9.83. The largest absolute Gasteiger partial charge is 0.430 e. The molecule has 0 aliphatic carbocycles. The zero-order valence-corrected chi connectivity index (χ0v) is 10.6. The van der Waals surface area contributed by atoms with Crippen molar-refractivity contribution in [2.75, 3.05) is 18.1 Å². The molecule has 9 heteroatoms. The highest BCUT2D eigenvalue weighted by Crippen LogP contribution is 2.17. The summed E-state index contributed by atoms with van der Waals surface area (Å²) in [5.74, 6) is -0.0120. The molecular formula is C9H13N3O5S. The van der Waals surface area contributed by atoms with E-state index >= 15 is 0 Å². The summed E-state index contributed by atoms with van der Waals surface area (Å²) >= 11 is 0. The molecule has 0 spiro atoms. The van der Waals surface area contributed by atoms with Gasteiger partial charge in [-0.15, -0.1) is 5.10 Å². The third kappa shape index (κ3) is 2.78. The Morgan fingerprint density at radius 2 is 2.33 bits per heavy atom. The van der Waals surface area contributed by atoms with Gasteiger partial charge in [-0.1, -0.05) is 0 Å². The molecule has 2 rings (SSSR count). The van der Waals surface area contributed by atoms with Gasteiger partial charge in [-0.25, -0.2) is 8.42 Å². The van der Waals surface area contributed by atoms with Gasteiger partial charge in [0.2, 0.25) is 5.90 Å². The smallest absolute Gasteiger partial charge is 0.385 e. The molecule has 1 atom stereocenters. The van der Waals surface area contributed by atoms with Crippen molar-refractivity contribution >= 4 is 15.7 Å². The second kappa shape index (κ2) is 4.56. The zero-order chi connectivity index (χ0) is 13.3. The molecule has 2 aliphatic heterocycles. The summed E-state index contributed by atoms with van der Waals surface area (Å²) in [5, 5.41) is 16.2. The maximum Gasteiger partial charge on any atom is 0.430 e. The van der Waals surface area contributed by atoms with E-state index in [1.807, 2.05) is 0 Å². The lowest BCUT2D eigenvalue weighted by molar-refractivity contribution is -0.454. The molecule has 0 aromatic rings. The van der Waals surface area contributed by atoms with Gasteiger partial charge in [0.05, 0.1) is 30.5 Å². The average Bonchev–Trinajstić information content (AvgIpc) is 2.70. The van der Waals surface area contributed by atoms with Crippen LogP contribution in [0.15, 0.2) is 17.1 Å². The monoisotopic (exact) mass is 275 g/mol. The molecule has 0 amide bonds. The average molecular weight is 275 g/mol. The van der Waals surface area contributed by atoms with E-state index < -0.39 is 14.8 Å². The molecular weight excluding hydrogens is 262 g/mol. The molecule has 0 radical (unpaired) electrons. The number of nitro groups is 1. The Kier molecular flexibility index (Phi) is 3.24. The number of ether oxygens (including phenoxy) is 1. The van der Waals surface area contributed by atoms with Gasteiger partial charge in [0.1, 0.15) is 4.92 Å². The second-order valence-electron chi connectivity index (χ2n) is 4.23. The quantitative estimate of drug-likeness (QED) is 0.517. The van der Waals surface area contributed by atoms with Crippen molar-refractivity contribution in [2.45, 2.75) is 19.4 Å². The number of sulfone groups is 1. The third-order valence-corrected chi connectivity index (χ3v) is 4.52. The maximum absolute atomic E-state index is 11.4. The Balaban J connectivity index is 2.01. The lowest BCUT2D eigenvalue weighted by Crippen LogP contribution is -2.44. The van der Waals surface area contributed by atoms with E-state index in [4.69, 9.17) is 4.74 Å². The van der Waals surface area contributed by atoms with E-state index in [0.29, 0.717) is 0 Å². The molecule has 0 aromatic carbocycles. The van der Waals surface area contributed by atoms with Crippen LogP contribution in [-0.4, -0.2) is 48.3 Å². The van der Waals surface area contributed by atoms with Crippen LogP contribution < -0.4 is 0 Å². The highest BCUT2D eigenvalue weighted by molar-refractivity contribution is 7.91. The third-order valence-electron chi connectivity index (χ3n) is 2.73. The number of hydrazone groups is 1. The van der Waals surface area contributed by atoms with Crippen LogP contribution in [0.25, 0.3) is 0 Å². The summed E-state index contributed by atoms with van der Waals surface area (Å²) in [6.45, 7) is 2.03. The van der Waals surface area contributed by atoms with Crippen molar-refractivity contribution in [2.24, 2.45) is 5.10 Å². The predicted octanol–water partition coefficient (Wildman–Crippen LogP) is -0.0428. The Morgan fingerprint density at radius 1 is 1.61 bits per heavy atom. The molecule has 1 fully saturated rings. The van der Waals surface area contributed by atoms with Crippen LogP contribution in [-0.2, 0) is 14.6 Å². The van der Waals surface area contributed by atoms with Crippen molar-refractivity contribution < 1.29 is 18.1 Å². The topological polar surface area (TPSA) is 102 Å². The Morgan fingerprint density at radius 3 is 2.89 bits per heavy atom. The molecule has 8 nitrogen and oxygen atoms in total. The summed E-state index contributed by atoms with van der Waals surface area (Å²) in [5.41, 5.74) is 0. The standard InChI is InChI=1S/C9H13N3O5S/c1-7-6-18(15,16)5-4-11(7)10-8-2-3-9(17-8)12(13)14/h3,7H,2,4-6H2,1H3. The van der Waals surface area contributed by atoms with E-state index in [1.54, 1.807) is 11.9 Å². The fourth-order valence-corrected chi connectivity index (χ4v) is 3.37. The van der Waals surface area contributed by atoms with E-state index in [-0.39, 0.29) is 42.3 Å². The molecule has 0 aromatic heterocycles. The van der Waals surface area contributed by atoms with E-state index in [0.717, 1.165) is 0 Å². The molecule has 0 saturated carbocycles. The van der Waals surface area contributed by atoms with Crippen LogP contribution in [0, 0.1) is 10.1 Å². The molecule has 100 valence electrons. The molecule has 0 bridgehead atoms. The fourth-order valence-electron chi connectivity index (χ4n) is 1.83. The number of hydrogen-bond donors (Lipinski definition) is 0. The fraction of sp³-hybridized carbons (Fsp3) is 0.667. The molecule has 2 aliphatic rings. The van der Waals surface area contributed by atoms with E-state index in [2.05, 4.69) is 5.10 Å². The van der Waals surface area contributed by atoms with Gasteiger partial charge < -0.3 is 4.74 Å². The lowest BCUT2D eigenvalue weighted by atomic mass is 10.3. The Labute approximate surface area is 104 Å². The van der Waals surface area contributed by atoms with Crippen molar-refractivity contribution in [1.82, 2.24) is 5.01 Å². The minimum atomic E-state index is -3.00. The predicted molar refractivity (Wildman–Crippen MR) is 63.0 cm³/mol. The summed E-state index contributed by atoms with van der Waals surface area (Å²) in [6.07, 6.45) is 1.59. The lowest BCUT2D eigenvalue weighted by Gasteiger charge is -2.30. The van der Waals surface area contributed by atoms with Crippen LogP contribution in [0.5, 0.6) is 0 Å². The highest BCUT2D eigenvalue weighted by atomic mass is 32.2. The van der Waals surface area contributed by atoms with Gasteiger partial charge in [-0.2, -0.15) is 0 Å². The van der Waals surface area contributed by atoms with Crippen LogP contribution in [0.3, 0.4) is 0 Å². The maximum atomic E-state index is 11.4. The number of rotatable bonds is 2. The van der Waals surface area contributed by atoms with Crippen molar-refractivity contribution in [3.8, 4) is 0 Å². The van der Waals surface area contributed by atoms with Crippen LogP contribution in [0.2, 0.25) is 0 Å². The normalized spacial score (nSPS) is 28.9. The van der Waals surface area contributed by atoms with Gasteiger partial charge in [0, 0.05) is 6.08 Å². The van der Waals surface area contributed by atoms with E-state index in [9.17, 15) is 18.5 Å². The first-order chi connectivity index (χ1) is 8.37. The van der Waals surface area contributed by atoms with Crippen LogP contribution >= 0.6 is 0 Å². The van der Waals surface area contributed by atoms with Gasteiger partial charge >= 0.3 is 5.88 Å². The first-order valence-electron chi connectivity index (χ1n) is 5.44. The van der Waals surface area contributed by atoms with Gasteiger partial charge in [-0.3, -0.25) is 15.1 Å². The Hall–Kier alpha value is -1.64.